The molecule has 1 aliphatic heterocycles. The molecule has 0 aromatic rings. The highest BCUT2D eigenvalue weighted by molar-refractivity contribution is 4.80. The van der Waals surface area contributed by atoms with Gasteiger partial charge in [-0.25, -0.2) is 0 Å². The van der Waals surface area contributed by atoms with Gasteiger partial charge in [0, 0.05) is 25.2 Å². The molecule has 0 saturated carbocycles. The van der Waals surface area contributed by atoms with E-state index in [4.69, 9.17) is 15.2 Å². The minimum atomic E-state index is -0.134. The van der Waals surface area contributed by atoms with Gasteiger partial charge in [0.15, 0.2) is 0 Å². The fourth-order valence-corrected chi connectivity index (χ4v) is 1.75. The Morgan fingerprint density at radius 2 is 1.88 bits per heavy atom. The number of nitrogens with zero attached hydrogens (tertiary/aromatic N) is 1. The monoisotopic (exact) mass is 230 g/mol. The van der Waals surface area contributed by atoms with Crippen LogP contribution in [0.5, 0.6) is 0 Å². The first-order chi connectivity index (χ1) is 7.70. The van der Waals surface area contributed by atoms with E-state index in [1.807, 2.05) is 0 Å². The van der Waals surface area contributed by atoms with Crippen molar-refractivity contribution in [2.75, 3.05) is 46.1 Å². The molecular formula is C12H26N2O2. The Morgan fingerprint density at radius 3 is 2.44 bits per heavy atom. The van der Waals surface area contributed by atoms with Crippen LogP contribution in [0.15, 0.2) is 0 Å². The molecule has 1 rings (SSSR count). The number of morpholine rings is 1. The van der Waals surface area contributed by atoms with Crippen LogP contribution in [-0.2, 0) is 9.47 Å². The molecule has 0 unspecified atom stereocenters. The summed E-state index contributed by atoms with van der Waals surface area (Å²) in [5.41, 5.74) is 6.02. The number of nitrogens with two attached hydrogens (primary N) is 1. The van der Waals surface area contributed by atoms with Crippen LogP contribution >= 0.6 is 0 Å². The molecule has 0 bridgehead atoms. The van der Waals surface area contributed by atoms with E-state index in [1.54, 1.807) is 0 Å². The van der Waals surface area contributed by atoms with Crippen LogP contribution in [0.1, 0.15) is 26.7 Å². The van der Waals surface area contributed by atoms with E-state index in [-0.39, 0.29) is 5.54 Å². The topological polar surface area (TPSA) is 47.7 Å². The van der Waals surface area contributed by atoms with E-state index >= 15 is 0 Å². The summed E-state index contributed by atoms with van der Waals surface area (Å²) in [4.78, 5) is 2.37. The lowest BCUT2D eigenvalue weighted by atomic mass is 9.96. The van der Waals surface area contributed by atoms with Gasteiger partial charge in [-0.2, -0.15) is 0 Å². The summed E-state index contributed by atoms with van der Waals surface area (Å²) >= 11 is 0. The van der Waals surface area contributed by atoms with E-state index < -0.39 is 0 Å². The second-order valence-corrected chi connectivity index (χ2v) is 4.58. The predicted octanol–water partition coefficient (Wildman–Crippen LogP) is 0.853. The maximum Gasteiger partial charge on any atom is 0.0646 e. The smallest absolute Gasteiger partial charge is 0.0646 e. The van der Waals surface area contributed by atoms with Gasteiger partial charge in [0.1, 0.15) is 0 Å². The summed E-state index contributed by atoms with van der Waals surface area (Å²) in [6, 6.07) is 0. The van der Waals surface area contributed by atoms with Gasteiger partial charge in [-0.05, 0) is 12.8 Å². The second-order valence-electron chi connectivity index (χ2n) is 4.58. The van der Waals surface area contributed by atoms with Gasteiger partial charge >= 0.3 is 0 Å². The first kappa shape index (κ1) is 13.9. The molecule has 96 valence electrons. The van der Waals surface area contributed by atoms with Crippen molar-refractivity contribution in [3.63, 3.8) is 0 Å². The Labute approximate surface area is 99.1 Å². The van der Waals surface area contributed by atoms with Gasteiger partial charge in [0.25, 0.3) is 0 Å². The molecule has 0 radical (unpaired) electrons. The minimum Gasteiger partial charge on any atom is -0.379 e. The second kappa shape index (κ2) is 7.22. The quantitative estimate of drug-likeness (QED) is 0.659. The number of rotatable bonds is 7. The van der Waals surface area contributed by atoms with Crippen molar-refractivity contribution in [3.05, 3.63) is 0 Å². The van der Waals surface area contributed by atoms with Crippen LogP contribution in [0.3, 0.4) is 0 Å². The van der Waals surface area contributed by atoms with Gasteiger partial charge < -0.3 is 15.2 Å². The van der Waals surface area contributed by atoms with Crippen molar-refractivity contribution >= 4 is 0 Å². The van der Waals surface area contributed by atoms with Crippen molar-refractivity contribution in [1.82, 2.24) is 4.90 Å². The molecule has 0 aromatic carbocycles. The fraction of sp³-hybridized carbons (Fsp3) is 1.00. The zero-order valence-electron chi connectivity index (χ0n) is 10.7. The summed E-state index contributed by atoms with van der Waals surface area (Å²) in [5, 5.41) is 0. The van der Waals surface area contributed by atoms with Crippen LogP contribution in [0, 0.1) is 0 Å². The fourth-order valence-electron chi connectivity index (χ4n) is 1.75. The Bertz CT molecular complexity index is 178. The normalized spacial score (nSPS) is 18.9. The summed E-state index contributed by atoms with van der Waals surface area (Å²) in [6.07, 6.45) is 1.95. The maximum absolute atomic E-state index is 6.16. The van der Waals surface area contributed by atoms with Gasteiger partial charge in [-0.3, -0.25) is 4.90 Å². The number of hydrogen-bond acceptors (Lipinski definition) is 4. The molecule has 4 heteroatoms. The zero-order chi connectivity index (χ0) is 11.9. The molecule has 16 heavy (non-hydrogen) atoms. The lowest BCUT2D eigenvalue weighted by Gasteiger charge is -2.29. The highest BCUT2D eigenvalue weighted by atomic mass is 16.5. The lowest BCUT2D eigenvalue weighted by Crippen LogP contribution is -2.44. The molecule has 0 spiro atoms. The zero-order valence-corrected chi connectivity index (χ0v) is 10.7. The Hall–Kier alpha value is -0.160. The maximum atomic E-state index is 6.16. The SMILES string of the molecule is CCC(N)(CC)COCCN1CCOCC1. The minimum absolute atomic E-state index is 0.134. The Morgan fingerprint density at radius 1 is 1.25 bits per heavy atom. The first-order valence-corrected chi connectivity index (χ1v) is 6.37. The molecule has 1 aliphatic rings. The van der Waals surface area contributed by atoms with E-state index in [1.165, 1.54) is 0 Å². The molecule has 1 fully saturated rings. The summed E-state index contributed by atoms with van der Waals surface area (Å²) < 4.78 is 11.0. The average Bonchev–Trinajstić information content (AvgIpc) is 2.36. The van der Waals surface area contributed by atoms with Crippen molar-refractivity contribution < 1.29 is 9.47 Å². The highest BCUT2D eigenvalue weighted by Gasteiger charge is 2.20. The molecule has 0 aromatic heterocycles. The lowest BCUT2D eigenvalue weighted by molar-refractivity contribution is 0.0126. The van der Waals surface area contributed by atoms with Crippen LogP contribution in [0.2, 0.25) is 0 Å². The van der Waals surface area contributed by atoms with E-state index in [2.05, 4.69) is 18.7 Å². The third-order valence-corrected chi connectivity index (χ3v) is 3.45. The predicted molar refractivity (Wildman–Crippen MR) is 65.6 cm³/mol. The first-order valence-electron chi connectivity index (χ1n) is 6.37. The third kappa shape index (κ3) is 4.78. The van der Waals surface area contributed by atoms with Crippen LogP contribution < -0.4 is 5.73 Å². The molecular weight excluding hydrogens is 204 g/mol. The summed E-state index contributed by atoms with van der Waals surface area (Å²) in [7, 11) is 0. The summed E-state index contributed by atoms with van der Waals surface area (Å²) in [5.74, 6) is 0. The molecule has 1 saturated heterocycles. The van der Waals surface area contributed by atoms with Crippen LogP contribution in [0.25, 0.3) is 0 Å². The van der Waals surface area contributed by atoms with E-state index in [0.717, 1.165) is 52.3 Å². The molecule has 2 N–H and O–H groups in total. The van der Waals surface area contributed by atoms with Crippen molar-refractivity contribution in [3.8, 4) is 0 Å². The summed E-state index contributed by atoms with van der Waals surface area (Å²) in [6.45, 7) is 10.4. The van der Waals surface area contributed by atoms with Crippen LogP contribution in [-0.4, -0.2) is 56.5 Å². The standard InChI is InChI=1S/C12H26N2O2/c1-3-12(13,4-2)11-16-10-7-14-5-8-15-9-6-14/h3-11,13H2,1-2H3. The van der Waals surface area contributed by atoms with Gasteiger partial charge in [0.2, 0.25) is 0 Å². The van der Waals surface area contributed by atoms with E-state index in [0.29, 0.717) is 6.61 Å². The van der Waals surface area contributed by atoms with Gasteiger partial charge in [-0.1, -0.05) is 13.8 Å². The largest absolute Gasteiger partial charge is 0.379 e. The average molecular weight is 230 g/mol. The van der Waals surface area contributed by atoms with E-state index in [9.17, 15) is 0 Å². The molecule has 0 aliphatic carbocycles. The molecule has 0 atom stereocenters. The number of hydrogen-bond donors (Lipinski definition) is 1. The molecule has 1 heterocycles. The number of ether oxygens (including phenoxy) is 2. The highest BCUT2D eigenvalue weighted by Crippen LogP contribution is 2.11. The van der Waals surface area contributed by atoms with Gasteiger partial charge in [-0.15, -0.1) is 0 Å². The van der Waals surface area contributed by atoms with Crippen molar-refractivity contribution in [1.29, 1.82) is 0 Å². The van der Waals surface area contributed by atoms with Crippen LogP contribution in [0.4, 0.5) is 0 Å². The van der Waals surface area contributed by atoms with Crippen molar-refractivity contribution in [2.24, 2.45) is 5.73 Å². The Balaban J connectivity index is 2.06. The third-order valence-electron chi connectivity index (χ3n) is 3.45. The molecule has 0 amide bonds. The van der Waals surface area contributed by atoms with Gasteiger partial charge in [0.05, 0.1) is 26.4 Å². The van der Waals surface area contributed by atoms with Crippen molar-refractivity contribution in [2.45, 2.75) is 32.2 Å². The molecule has 4 nitrogen and oxygen atoms in total. The Kier molecular flexibility index (Phi) is 6.28.